The van der Waals surface area contributed by atoms with Crippen LogP contribution in [0.1, 0.15) is 52.8 Å². The maximum absolute atomic E-state index is 12.9. The van der Waals surface area contributed by atoms with Crippen LogP contribution in [0.5, 0.6) is 0 Å². The first-order valence-electron chi connectivity index (χ1n) is 8.83. The van der Waals surface area contributed by atoms with E-state index in [0.29, 0.717) is 12.5 Å². The lowest BCUT2D eigenvalue weighted by molar-refractivity contribution is -0.130. The molecule has 136 valence electrons. The molecule has 0 radical (unpaired) electrons. The molecule has 2 aliphatic heterocycles. The number of fused-ring (bicyclic) bond motifs is 2. The van der Waals surface area contributed by atoms with Gasteiger partial charge in [-0.05, 0) is 50.2 Å². The molecule has 3 amide bonds. The van der Waals surface area contributed by atoms with Crippen molar-refractivity contribution in [2.75, 3.05) is 13.1 Å². The first kappa shape index (κ1) is 17.6. The molecule has 1 unspecified atom stereocenters. The normalized spacial score (nSPS) is 22.2. The summed E-state index contributed by atoms with van der Waals surface area (Å²) in [5, 5.41) is 0.428. The van der Waals surface area contributed by atoms with Crippen LogP contribution in [0.25, 0.3) is 0 Å². The smallest absolute Gasteiger partial charge is 0.262 e. The highest BCUT2D eigenvalue weighted by molar-refractivity contribution is 6.43. The number of hydrogen-bond donors (Lipinski definition) is 0. The predicted molar refractivity (Wildman–Crippen MR) is 98.2 cm³/mol. The van der Waals surface area contributed by atoms with E-state index in [-0.39, 0.29) is 33.6 Å². The third kappa shape index (κ3) is 2.83. The van der Waals surface area contributed by atoms with Crippen molar-refractivity contribution in [2.24, 2.45) is 5.92 Å². The number of nitrogens with zero attached hydrogens (tertiary/aromatic N) is 2. The van der Waals surface area contributed by atoms with Crippen molar-refractivity contribution in [1.82, 2.24) is 9.80 Å². The van der Waals surface area contributed by atoms with Crippen molar-refractivity contribution >= 4 is 40.9 Å². The molecule has 3 aliphatic rings. The number of rotatable bonds is 2. The molecule has 2 heterocycles. The van der Waals surface area contributed by atoms with Gasteiger partial charge in [0.2, 0.25) is 5.91 Å². The van der Waals surface area contributed by atoms with Crippen molar-refractivity contribution in [3.8, 4) is 0 Å². The minimum atomic E-state index is -0.497. The fourth-order valence-corrected chi connectivity index (χ4v) is 4.42. The predicted octanol–water partition coefficient (Wildman–Crippen LogP) is 3.90. The van der Waals surface area contributed by atoms with E-state index >= 15 is 0 Å². The molecule has 0 aromatic heterocycles. The average molecular weight is 393 g/mol. The van der Waals surface area contributed by atoms with Crippen LogP contribution >= 0.6 is 23.2 Å². The standard InChI is InChI=1S/C19H18Cl2N2O3/c20-14-8-12-13(9-15(14)21)19(26)23(18(12)25)10-17(24)22-7-3-5-11-4-1-2-6-16(11)22/h6,8-9,11H,1-5,7,10H2. The summed E-state index contributed by atoms with van der Waals surface area (Å²) >= 11 is 11.9. The van der Waals surface area contributed by atoms with Crippen LogP contribution in [0, 0.1) is 5.92 Å². The quantitative estimate of drug-likeness (QED) is 0.717. The molecule has 26 heavy (non-hydrogen) atoms. The van der Waals surface area contributed by atoms with Gasteiger partial charge in [-0.25, -0.2) is 0 Å². The molecule has 0 spiro atoms. The summed E-state index contributed by atoms with van der Waals surface area (Å²) in [5.41, 5.74) is 1.46. The van der Waals surface area contributed by atoms with E-state index < -0.39 is 11.8 Å². The maximum Gasteiger partial charge on any atom is 0.262 e. The minimum Gasteiger partial charge on any atom is -0.315 e. The van der Waals surface area contributed by atoms with Gasteiger partial charge in [0.05, 0.1) is 21.2 Å². The number of hydrogen-bond acceptors (Lipinski definition) is 3. The third-order valence-corrected chi connectivity index (χ3v) is 6.10. The van der Waals surface area contributed by atoms with E-state index in [1.807, 2.05) is 0 Å². The summed E-state index contributed by atoms with van der Waals surface area (Å²) in [4.78, 5) is 40.8. The molecule has 7 heteroatoms. The largest absolute Gasteiger partial charge is 0.315 e. The van der Waals surface area contributed by atoms with Gasteiger partial charge in [-0.15, -0.1) is 0 Å². The molecular weight excluding hydrogens is 375 g/mol. The van der Waals surface area contributed by atoms with E-state index in [9.17, 15) is 14.4 Å². The Kier molecular flexibility index (Phi) is 4.53. The summed E-state index contributed by atoms with van der Waals surface area (Å²) in [5.74, 6) is -0.790. The molecule has 1 aromatic carbocycles. The Bertz CT molecular complexity index is 808. The number of imide groups is 1. The van der Waals surface area contributed by atoms with Crippen LogP contribution in [0.4, 0.5) is 0 Å². The number of allylic oxidation sites excluding steroid dienone is 2. The molecule has 1 saturated heterocycles. The molecule has 1 aliphatic carbocycles. The van der Waals surface area contributed by atoms with Crippen LogP contribution in [0.3, 0.4) is 0 Å². The number of likely N-dealkylation sites (tertiary alicyclic amines) is 1. The second kappa shape index (κ2) is 6.71. The zero-order valence-corrected chi connectivity index (χ0v) is 15.6. The Morgan fingerprint density at radius 1 is 1.04 bits per heavy atom. The van der Waals surface area contributed by atoms with Gasteiger partial charge in [-0.1, -0.05) is 29.3 Å². The maximum atomic E-state index is 12.9. The molecule has 5 nitrogen and oxygen atoms in total. The Morgan fingerprint density at radius 2 is 1.65 bits per heavy atom. The highest BCUT2D eigenvalue weighted by atomic mass is 35.5. The van der Waals surface area contributed by atoms with Gasteiger partial charge in [0.25, 0.3) is 11.8 Å². The second-order valence-corrected chi connectivity index (χ2v) is 7.77. The monoisotopic (exact) mass is 392 g/mol. The summed E-state index contributed by atoms with van der Waals surface area (Å²) in [6.45, 7) is 0.383. The fourth-order valence-electron chi connectivity index (χ4n) is 4.09. The first-order chi connectivity index (χ1) is 12.5. The van der Waals surface area contributed by atoms with Crippen molar-refractivity contribution < 1.29 is 14.4 Å². The lowest BCUT2D eigenvalue weighted by Gasteiger charge is -2.38. The third-order valence-electron chi connectivity index (χ3n) is 5.38. The number of piperidine rings is 1. The highest BCUT2D eigenvalue weighted by Crippen LogP contribution is 2.36. The van der Waals surface area contributed by atoms with E-state index in [1.54, 1.807) is 4.90 Å². The van der Waals surface area contributed by atoms with Gasteiger partial charge in [0.15, 0.2) is 0 Å². The lowest BCUT2D eigenvalue weighted by Crippen LogP contribution is -2.45. The minimum absolute atomic E-state index is 0.200. The molecule has 1 fully saturated rings. The Morgan fingerprint density at radius 3 is 2.31 bits per heavy atom. The van der Waals surface area contributed by atoms with Crippen molar-refractivity contribution in [3.63, 3.8) is 0 Å². The lowest BCUT2D eigenvalue weighted by atomic mass is 9.85. The van der Waals surface area contributed by atoms with Crippen molar-refractivity contribution in [2.45, 2.75) is 32.1 Å². The van der Waals surface area contributed by atoms with Gasteiger partial charge < -0.3 is 4.90 Å². The molecule has 0 bridgehead atoms. The van der Waals surface area contributed by atoms with E-state index in [1.165, 1.54) is 12.1 Å². The van der Waals surface area contributed by atoms with Crippen molar-refractivity contribution in [3.05, 3.63) is 45.1 Å². The Hall–Kier alpha value is -1.85. The second-order valence-electron chi connectivity index (χ2n) is 6.95. The zero-order chi connectivity index (χ0) is 18.4. The summed E-state index contributed by atoms with van der Waals surface area (Å²) in [7, 11) is 0. The molecule has 1 atom stereocenters. The van der Waals surface area contributed by atoms with Crippen LogP contribution < -0.4 is 0 Å². The van der Waals surface area contributed by atoms with Crippen LogP contribution in [0.15, 0.2) is 23.9 Å². The number of amides is 3. The SMILES string of the molecule is O=C(CN1C(=O)c2cc(Cl)c(Cl)cc2C1=O)N1CCCC2CCCC=C21. The van der Waals surface area contributed by atoms with E-state index in [2.05, 4.69) is 6.08 Å². The van der Waals surface area contributed by atoms with Crippen LogP contribution in [-0.2, 0) is 4.79 Å². The molecular formula is C19H18Cl2N2O3. The Balaban J connectivity index is 1.56. The number of benzene rings is 1. The number of carbonyl (C=O) groups is 3. The zero-order valence-electron chi connectivity index (χ0n) is 14.1. The average Bonchev–Trinajstić information content (AvgIpc) is 2.86. The van der Waals surface area contributed by atoms with Gasteiger partial charge in [-0.3, -0.25) is 19.3 Å². The van der Waals surface area contributed by atoms with Crippen LogP contribution in [0.2, 0.25) is 10.0 Å². The molecule has 0 N–H and O–H groups in total. The topological polar surface area (TPSA) is 57.7 Å². The Labute approximate surface area is 161 Å². The molecule has 4 rings (SSSR count). The van der Waals surface area contributed by atoms with Gasteiger partial charge in [-0.2, -0.15) is 0 Å². The van der Waals surface area contributed by atoms with Crippen molar-refractivity contribution in [1.29, 1.82) is 0 Å². The summed E-state index contributed by atoms with van der Waals surface area (Å²) in [6, 6.07) is 2.79. The molecule has 0 saturated carbocycles. The van der Waals surface area contributed by atoms with Gasteiger partial charge >= 0.3 is 0 Å². The van der Waals surface area contributed by atoms with Gasteiger partial charge in [0.1, 0.15) is 6.54 Å². The van der Waals surface area contributed by atoms with Gasteiger partial charge in [0, 0.05) is 12.2 Å². The summed E-state index contributed by atoms with van der Waals surface area (Å²) < 4.78 is 0. The van der Waals surface area contributed by atoms with Crippen LogP contribution in [-0.4, -0.2) is 40.6 Å². The molecule has 1 aromatic rings. The summed E-state index contributed by atoms with van der Waals surface area (Å²) in [6.07, 6.45) is 7.39. The highest BCUT2D eigenvalue weighted by Gasteiger charge is 2.39. The fraction of sp³-hybridized carbons (Fsp3) is 0.421. The van der Waals surface area contributed by atoms with E-state index in [4.69, 9.17) is 23.2 Å². The number of halogens is 2. The first-order valence-corrected chi connectivity index (χ1v) is 9.58. The number of carbonyl (C=O) groups excluding carboxylic acids is 3. The van der Waals surface area contributed by atoms with E-state index in [0.717, 1.165) is 42.7 Å².